The summed E-state index contributed by atoms with van der Waals surface area (Å²) in [6.07, 6.45) is 3.50. The van der Waals surface area contributed by atoms with Gasteiger partial charge in [0.25, 0.3) is 0 Å². The van der Waals surface area contributed by atoms with Crippen LogP contribution in [0, 0.1) is 11.8 Å². The molecule has 1 aliphatic carbocycles. The topological polar surface area (TPSA) is 40.5 Å². The van der Waals surface area contributed by atoms with E-state index in [1.165, 1.54) is 18.4 Å². The van der Waals surface area contributed by atoms with Gasteiger partial charge in [-0.2, -0.15) is 0 Å². The van der Waals surface area contributed by atoms with E-state index in [-0.39, 0.29) is 0 Å². The van der Waals surface area contributed by atoms with Crippen molar-refractivity contribution in [2.24, 2.45) is 11.8 Å². The summed E-state index contributed by atoms with van der Waals surface area (Å²) in [4.78, 5) is 13.8. The Labute approximate surface area is 120 Å². The maximum Gasteiger partial charge on any atom is 0.335 e. The molecule has 1 aromatic rings. The van der Waals surface area contributed by atoms with Crippen molar-refractivity contribution < 1.29 is 9.90 Å². The van der Waals surface area contributed by atoms with Gasteiger partial charge in [-0.1, -0.05) is 26.0 Å². The van der Waals surface area contributed by atoms with Gasteiger partial charge in [0.15, 0.2) is 0 Å². The Balaban J connectivity index is 1.71. The van der Waals surface area contributed by atoms with Crippen molar-refractivity contribution in [3.8, 4) is 0 Å². The molecule has 1 fully saturated rings. The first kappa shape index (κ1) is 13.6. The minimum atomic E-state index is -0.793. The molecule has 1 heterocycles. The van der Waals surface area contributed by atoms with Gasteiger partial charge in [-0.3, -0.25) is 4.90 Å². The van der Waals surface area contributed by atoms with Crippen LogP contribution in [-0.2, 0) is 13.0 Å². The summed E-state index contributed by atoms with van der Waals surface area (Å²) < 4.78 is 0. The van der Waals surface area contributed by atoms with E-state index in [1.54, 1.807) is 6.07 Å². The van der Waals surface area contributed by atoms with Crippen LogP contribution in [0.1, 0.15) is 48.2 Å². The van der Waals surface area contributed by atoms with Gasteiger partial charge in [-0.25, -0.2) is 4.79 Å². The van der Waals surface area contributed by atoms with Gasteiger partial charge >= 0.3 is 5.97 Å². The minimum Gasteiger partial charge on any atom is -0.478 e. The van der Waals surface area contributed by atoms with Crippen LogP contribution in [0.5, 0.6) is 0 Å². The van der Waals surface area contributed by atoms with Crippen LogP contribution in [0.4, 0.5) is 0 Å². The largest absolute Gasteiger partial charge is 0.478 e. The van der Waals surface area contributed by atoms with Crippen molar-refractivity contribution in [2.45, 2.75) is 45.7 Å². The SMILES string of the molecule is CC(C)C1CC(N2CCc3c(cccc3C(=O)O)C2)C1. The zero-order valence-electron chi connectivity index (χ0n) is 12.3. The molecule has 3 nitrogen and oxygen atoms in total. The van der Waals surface area contributed by atoms with Crippen molar-refractivity contribution in [3.05, 3.63) is 34.9 Å². The van der Waals surface area contributed by atoms with Crippen LogP contribution < -0.4 is 0 Å². The molecule has 0 bridgehead atoms. The van der Waals surface area contributed by atoms with Gasteiger partial charge in [0.1, 0.15) is 0 Å². The van der Waals surface area contributed by atoms with E-state index in [4.69, 9.17) is 0 Å². The highest BCUT2D eigenvalue weighted by Crippen LogP contribution is 2.38. The first-order valence-corrected chi connectivity index (χ1v) is 7.64. The van der Waals surface area contributed by atoms with Gasteiger partial charge in [0, 0.05) is 19.1 Å². The van der Waals surface area contributed by atoms with Crippen LogP contribution in [0.3, 0.4) is 0 Å². The molecule has 1 N–H and O–H groups in total. The summed E-state index contributed by atoms with van der Waals surface area (Å²) >= 11 is 0. The molecule has 0 atom stereocenters. The van der Waals surface area contributed by atoms with E-state index in [1.807, 2.05) is 6.07 Å². The van der Waals surface area contributed by atoms with E-state index in [2.05, 4.69) is 24.8 Å². The number of benzene rings is 1. The molecule has 0 unspecified atom stereocenters. The Morgan fingerprint density at radius 1 is 1.35 bits per heavy atom. The number of hydrogen-bond donors (Lipinski definition) is 1. The lowest BCUT2D eigenvalue weighted by Crippen LogP contribution is -2.48. The number of carbonyl (C=O) groups is 1. The number of carboxylic acid groups (broad SMARTS) is 1. The van der Waals surface area contributed by atoms with Gasteiger partial charge in [0.05, 0.1) is 5.56 Å². The number of aromatic carboxylic acids is 1. The smallest absolute Gasteiger partial charge is 0.335 e. The van der Waals surface area contributed by atoms with Crippen molar-refractivity contribution >= 4 is 5.97 Å². The fourth-order valence-corrected chi connectivity index (χ4v) is 3.62. The number of fused-ring (bicyclic) bond motifs is 1. The first-order chi connectivity index (χ1) is 9.56. The molecule has 2 aliphatic rings. The molecule has 0 saturated heterocycles. The highest BCUT2D eigenvalue weighted by atomic mass is 16.4. The van der Waals surface area contributed by atoms with Crippen LogP contribution >= 0.6 is 0 Å². The molecule has 1 aliphatic heterocycles. The summed E-state index contributed by atoms with van der Waals surface area (Å²) in [5.41, 5.74) is 2.76. The molecule has 1 aromatic carbocycles. The van der Waals surface area contributed by atoms with E-state index in [0.29, 0.717) is 11.6 Å². The maximum atomic E-state index is 11.3. The average molecular weight is 273 g/mol. The Morgan fingerprint density at radius 2 is 2.10 bits per heavy atom. The van der Waals surface area contributed by atoms with Crippen molar-refractivity contribution in [3.63, 3.8) is 0 Å². The Hall–Kier alpha value is -1.35. The van der Waals surface area contributed by atoms with Gasteiger partial charge in [-0.15, -0.1) is 0 Å². The van der Waals surface area contributed by atoms with Crippen molar-refractivity contribution in [1.29, 1.82) is 0 Å². The van der Waals surface area contributed by atoms with E-state index < -0.39 is 5.97 Å². The van der Waals surface area contributed by atoms with Crippen molar-refractivity contribution in [1.82, 2.24) is 4.90 Å². The fourth-order valence-electron chi connectivity index (χ4n) is 3.62. The highest BCUT2D eigenvalue weighted by molar-refractivity contribution is 5.89. The van der Waals surface area contributed by atoms with Crippen LogP contribution in [0.25, 0.3) is 0 Å². The Kier molecular flexibility index (Phi) is 3.55. The summed E-state index contributed by atoms with van der Waals surface area (Å²) in [6, 6.07) is 6.41. The predicted octanol–water partition coefficient (Wildman–Crippen LogP) is 3.18. The number of rotatable bonds is 3. The normalized spacial score (nSPS) is 26.1. The molecule has 0 radical (unpaired) electrons. The Morgan fingerprint density at radius 3 is 2.75 bits per heavy atom. The highest BCUT2D eigenvalue weighted by Gasteiger charge is 2.36. The monoisotopic (exact) mass is 273 g/mol. The molecule has 0 spiro atoms. The van der Waals surface area contributed by atoms with Crippen LogP contribution in [0.15, 0.2) is 18.2 Å². The van der Waals surface area contributed by atoms with Crippen LogP contribution in [0.2, 0.25) is 0 Å². The fraction of sp³-hybridized carbons (Fsp3) is 0.588. The molecular formula is C17H23NO2. The lowest BCUT2D eigenvalue weighted by Gasteiger charge is -2.46. The third-order valence-electron chi connectivity index (χ3n) is 5.13. The standard InChI is InChI=1S/C17H23NO2/c1-11(2)13-8-14(9-13)18-7-6-15-12(10-18)4-3-5-16(15)17(19)20/h3-5,11,13-14H,6-10H2,1-2H3,(H,19,20). The number of nitrogens with zero attached hydrogens (tertiary/aromatic N) is 1. The summed E-state index contributed by atoms with van der Waals surface area (Å²) in [5.74, 6) is 0.882. The number of hydrogen-bond acceptors (Lipinski definition) is 2. The zero-order chi connectivity index (χ0) is 14.3. The van der Waals surface area contributed by atoms with E-state index in [9.17, 15) is 9.90 Å². The molecular weight excluding hydrogens is 250 g/mol. The van der Waals surface area contributed by atoms with Crippen molar-refractivity contribution in [2.75, 3.05) is 6.54 Å². The lowest BCUT2D eigenvalue weighted by atomic mass is 9.72. The van der Waals surface area contributed by atoms with Gasteiger partial charge in [0.2, 0.25) is 0 Å². The molecule has 108 valence electrons. The van der Waals surface area contributed by atoms with Gasteiger partial charge < -0.3 is 5.11 Å². The molecule has 20 heavy (non-hydrogen) atoms. The average Bonchev–Trinajstić information content (AvgIpc) is 2.35. The molecule has 1 saturated carbocycles. The summed E-state index contributed by atoms with van der Waals surface area (Å²) in [7, 11) is 0. The zero-order valence-corrected chi connectivity index (χ0v) is 12.3. The van der Waals surface area contributed by atoms with Crippen LogP contribution in [-0.4, -0.2) is 28.6 Å². The molecule has 3 rings (SSSR count). The summed E-state index contributed by atoms with van der Waals surface area (Å²) in [5, 5.41) is 9.26. The third-order valence-corrected chi connectivity index (χ3v) is 5.13. The molecule has 3 heteroatoms. The summed E-state index contributed by atoms with van der Waals surface area (Å²) in [6.45, 7) is 6.55. The van der Waals surface area contributed by atoms with E-state index in [0.717, 1.165) is 36.9 Å². The second kappa shape index (κ2) is 5.21. The first-order valence-electron chi connectivity index (χ1n) is 7.64. The minimum absolute atomic E-state index is 0.496. The second-order valence-electron chi connectivity index (χ2n) is 6.60. The van der Waals surface area contributed by atoms with Gasteiger partial charge in [-0.05, 0) is 48.3 Å². The molecule has 0 aromatic heterocycles. The quantitative estimate of drug-likeness (QED) is 0.919. The second-order valence-corrected chi connectivity index (χ2v) is 6.60. The predicted molar refractivity (Wildman–Crippen MR) is 78.9 cm³/mol. The maximum absolute atomic E-state index is 11.3. The lowest BCUT2D eigenvalue weighted by molar-refractivity contribution is 0.0458. The number of carboxylic acids is 1. The Bertz CT molecular complexity index is 518. The third kappa shape index (κ3) is 2.35. The molecule has 0 amide bonds. The van der Waals surface area contributed by atoms with E-state index >= 15 is 0 Å².